The van der Waals surface area contributed by atoms with Crippen LogP contribution in [-0.4, -0.2) is 30.3 Å². The number of nitrogens with zero attached hydrogens (tertiary/aromatic N) is 5. The molecule has 3 aromatic heterocycles. The Kier molecular flexibility index (Phi) is 6.67. The van der Waals surface area contributed by atoms with Crippen molar-refractivity contribution in [2.24, 2.45) is 0 Å². The van der Waals surface area contributed by atoms with Crippen molar-refractivity contribution in [2.45, 2.75) is 6.92 Å². The van der Waals surface area contributed by atoms with E-state index in [2.05, 4.69) is 5.10 Å². The fraction of sp³-hybridized carbons (Fsp3) is 0.0312. The normalized spacial score (nSPS) is 11.2. The van der Waals surface area contributed by atoms with E-state index in [0.29, 0.717) is 34.1 Å². The van der Waals surface area contributed by atoms with Crippen LogP contribution in [0.5, 0.6) is 0 Å². The number of benzene rings is 3. The lowest BCUT2D eigenvalue weighted by atomic mass is 10.0. The summed E-state index contributed by atoms with van der Waals surface area (Å²) in [6, 6.07) is 29.1. The van der Waals surface area contributed by atoms with Crippen LogP contribution < -0.4 is 0 Å². The maximum absolute atomic E-state index is 13.8. The van der Waals surface area contributed by atoms with Crippen LogP contribution in [-0.2, 0) is 0 Å². The summed E-state index contributed by atoms with van der Waals surface area (Å²) in [7, 11) is 0. The summed E-state index contributed by atoms with van der Waals surface area (Å²) in [4.78, 5) is 24.4. The molecule has 0 saturated carbocycles. The molecule has 9 heteroatoms. The number of hydrogen-bond donors (Lipinski definition) is 0. The van der Waals surface area contributed by atoms with Crippen LogP contribution in [0.3, 0.4) is 0 Å². The number of ketones is 1. The Morgan fingerprint density at radius 2 is 1.59 bits per heavy atom. The molecule has 200 valence electrons. The third kappa shape index (κ3) is 4.99. The van der Waals surface area contributed by atoms with Crippen molar-refractivity contribution in [3.05, 3.63) is 143 Å². The predicted molar refractivity (Wildman–Crippen MR) is 155 cm³/mol. The molecule has 0 aliphatic carbocycles. The molecule has 0 atom stereocenters. The van der Waals surface area contributed by atoms with Crippen molar-refractivity contribution in [1.29, 1.82) is 0 Å². The number of allylic oxidation sites excluding steroid dienone is 1. The van der Waals surface area contributed by atoms with E-state index in [9.17, 15) is 14.9 Å². The number of carbonyl (C=O) groups is 1. The van der Waals surface area contributed by atoms with Crippen LogP contribution in [0.2, 0.25) is 0 Å². The number of para-hydroxylation sites is 1. The summed E-state index contributed by atoms with van der Waals surface area (Å²) < 4.78 is 8.98. The lowest BCUT2D eigenvalue weighted by Crippen LogP contribution is -2.02. The fourth-order valence-corrected chi connectivity index (χ4v) is 4.65. The summed E-state index contributed by atoms with van der Waals surface area (Å²) in [6.45, 7) is 1.78. The number of nitro benzene ring substituents is 1. The van der Waals surface area contributed by atoms with E-state index in [-0.39, 0.29) is 11.5 Å². The zero-order chi connectivity index (χ0) is 28.3. The minimum Gasteiger partial charge on any atom is -0.463 e. The van der Waals surface area contributed by atoms with Crippen LogP contribution >= 0.6 is 0 Å². The molecule has 0 amide bonds. The quantitative estimate of drug-likeness (QED) is 0.0880. The second kappa shape index (κ2) is 10.7. The van der Waals surface area contributed by atoms with Crippen LogP contribution in [0, 0.1) is 17.0 Å². The van der Waals surface area contributed by atoms with E-state index in [4.69, 9.17) is 9.52 Å². The smallest absolute Gasteiger partial charge is 0.269 e. The van der Waals surface area contributed by atoms with Gasteiger partial charge in [-0.15, -0.1) is 0 Å². The molecular formula is C32H23N5O4. The van der Waals surface area contributed by atoms with Gasteiger partial charge < -0.3 is 4.42 Å². The molecule has 0 aliphatic heterocycles. The number of rotatable bonds is 8. The van der Waals surface area contributed by atoms with Crippen molar-refractivity contribution < 1.29 is 14.1 Å². The average molecular weight is 542 g/mol. The molecule has 6 rings (SSSR count). The molecule has 0 spiro atoms. The second-order valence-corrected chi connectivity index (χ2v) is 9.24. The van der Waals surface area contributed by atoms with Gasteiger partial charge in [0.25, 0.3) is 5.69 Å². The fourth-order valence-electron chi connectivity index (χ4n) is 4.65. The highest BCUT2D eigenvalue weighted by molar-refractivity contribution is 6.11. The van der Waals surface area contributed by atoms with Gasteiger partial charge >= 0.3 is 0 Å². The molecule has 9 nitrogen and oxygen atoms in total. The van der Waals surface area contributed by atoms with E-state index in [1.807, 2.05) is 66.9 Å². The molecule has 0 saturated heterocycles. The van der Waals surface area contributed by atoms with E-state index < -0.39 is 4.92 Å². The van der Waals surface area contributed by atoms with Gasteiger partial charge in [0.1, 0.15) is 5.69 Å². The Bertz CT molecular complexity index is 1870. The first kappa shape index (κ1) is 25.4. The van der Waals surface area contributed by atoms with Gasteiger partial charge in [0, 0.05) is 23.9 Å². The molecular weight excluding hydrogens is 518 g/mol. The second-order valence-electron chi connectivity index (χ2n) is 9.24. The van der Waals surface area contributed by atoms with Gasteiger partial charge in [0.15, 0.2) is 11.5 Å². The SMILES string of the molecule is Cc1c(C(=O)/C=C/c2nn(-c3ccccc3)cc2-c2ccccc2)c(-c2ccco2)nn1-c1ccc([N+](=O)[O-])cc1. The van der Waals surface area contributed by atoms with Gasteiger partial charge in [0.05, 0.1) is 39.5 Å². The zero-order valence-electron chi connectivity index (χ0n) is 21.9. The number of nitro groups is 1. The molecule has 0 bridgehead atoms. The van der Waals surface area contributed by atoms with Crippen LogP contribution in [0.1, 0.15) is 21.7 Å². The van der Waals surface area contributed by atoms with E-state index in [1.54, 1.807) is 46.6 Å². The topological polar surface area (TPSA) is 109 Å². The Morgan fingerprint density at radius 3 is 2.24 bits per heavy atom. The summed E-state index contributed by atoms with van der Waals surface area (Å²) in [6.07, 6.45) is 6.66. The van der Waals surface area contributed by atoms with Gasteiger partial charge in [-0.2, -0.15) is 10.2 Å². The lowest BCUT2D eigenvalue weighted by Gasteiger charge is -2.04. The third-order valence-electron chi connectivity index (χ3n) is 6.66. The Labute approximate surface area is 234 Å². The number of furan rings is 1. The van der Waals surface area contributed by atoms with Gasteiger partial charge in [-0.1, -0.05) is 48.5 Å². The maximum Gasteiger partial charge on any atom is 0.269 e. The molecule has 0 unspecified atom stereocenters. The highest BCUT2D eigenvalue weighted by Crippen LogP contribution is 2.30. The molecule has 0 N–H and O–H groups in total. The van der Waals surface area contributed by atoms with Crippen LogP contribution in [0.25, 0.3) is 40.0 Å². The van der Waals surface area contributed by atoms with Crippen molar-refractivity contribution in [3.63, 3.8) is 0 Å². The third-order valence-corrected chi connectivity index (χ3v) is 6.66. The first-order valence-corrected chi connectivity index (χ1v) is 12.8. The Morgan fingerprint density at radius 1 is 0.878 bits per heavy atom. The monoisotopic (exact) mass is 541 g/mol. The van der Waals surface area contributed by atoms with Gasteiger partial charge in [-0.05, 0) is 61.0 Å². The van der Waals surface area contributed by atoms with Gasteiger partial charge in [-0.25, -0.2) is 9.36 Å². The molecule has 41 heavy (non-hydrogen) atoms. The predicted octanol–water partition coefficient (Wildman–Crippen LogP) is 7.10. The minimum atomic E-state index is -0.462. The summed E-state index contributed by atoms with van der Waals surface area (Å²) in [5.74, 6) is 0.152. The molecule has 3 aromatic carbocycles. The number of aromatic nitrogens is 4. The van der Waals surface area contributed by atoms with E-state index in [0.717, 1.165) is 16.8 Å². The summed E-state index contributed by atoms with van der Waals surface area (Å²) in [5, 5.41) is 20.6. The van der Waals surface area contributed by atoms with Gasteiger partial charge in [-0.3, -0.25) is 14.9 Å². The van der Waals surface area contributed by atoms with Crippen molar-refractivity contribution in [3.8, 4) is 34.0 Å². The molecule has 0 radical (unpaired) electrons. The highest BCUT2D eigenvalue weighted by Gasteiger charge is 2.24. The average Bonchev–Trinajstić information content (AvgIpc) is 3.76. The number of hydrogen-bond acceptors (Lipinski definition) is 6. The standard InChI is InChI=1S/C32H23N5O4/c1-22-31(32(30-13-8-20-41-30)34-36(22)25-14-16-26(17-15-25)37(39)40)29(38)19-18-28-27(23-9-4-2-5-10-23)21-35(33-28)24-11-6-3-7-12-24/h2-21H,1H3/b19-18+. The Hall–Kier alpha value is -5.83. The largest absolute Gasteiger partial charge is 0.463 e. The van der Waals surface area contributed by atoms with Gasteiger partial charge in [0.2, 0.25) is 0 Å². The molecule has 0 fully saturated rings. The molecule has 3 heterocycles. The Balaban J connectivity index is 1.41. The lowest BCUT2D eigenvalue weighted by molar-refractivity contribution is -0.384. The molecule has 6 aromatic rings. The van der Waals surface area contributed by atoms with Crippen molar-refractivity contribution in [2.75, 3.05) is 0 Å². The zero-order valence-corrected chi connectivity index (χ0v) is 21.9. The number of non-ortho nitro benzene ring substituents is 1. The van der Waals surface area contributed by atoms with E-state index >= 15 is 0 Å². The van der Waals surface area contributed by atoms with Crippen LogP contribution in [0.4, 0.5) is 5.69 Å². The maximum atomic E-state index is 13.8. The number of carbonyl (C=O) groups excluding carboxylic acids is 1. The van der Waals surface area contributed by atoms with Crippen molar-refractivity contribution >= 4 is 17.5 Å². The highest BCUT2D eigenvalue weighted by atomic mass is 16.6. The summed E-state index contributed by atoms with van der Waals surface area (Å²) >= 11 is 0. The summed E-state index contributed by atoms with van der Waals surface area (Å²) in [5.41, 5.74) is 5.23. The van der Waals surface area contributed by atoms with Crippen molar-refractivity contribution in [1.82, 2.24) is 19.6 Å². The first-order chi connectivity index (χ1) is 20.0. The van der Waals surface area contributed by atoms with E-state index in [1.165, 1.54) is 24.5 Å². The first-order valence-electron chi connectivity index (χ1n) is 12.8. The van der Waals surface area contributed by atoms with Crippen LogP contribution in [0.15, 0.2) is 120 Å². The molecule has 0 aliphatic rings. The minimum absolute atomic E-state index is 0.0341.